The second-order valence-corrected chi connectivity index (χ2v) is 13.4. The third kappa shape index (κ3) is 6.85. The lowest BCUT2D eigenvalue weighted by Crippen LogP contribution is -2.44. The molecule has 2 amide bonds. The van der Waals surface area contributed by atoms with E-state index in [1.54, 1.807) is 0 Å². The van der Waals surface area contributed by atoms with E-state index in [9.17, 15) is 9.59 Å². The van der Waals surface area contributed by atoms with E-state index in [0.717, 1.165) is 82.6 Å². The van der Waals surface area contributed by atoms with Gasteiger partial charge in [0, 0.05) is 56.9 Å². The molecule has 1 fully saturated rings. The first-order chi connectivity index (χ1) is 23.9. The monoisotopic (exact) mass is 690 g/mol. The average molecular weight is 692 g/mol. The highest BCUT2D eigenvalue weighted by Gasteiger charge is 2.28. The van der Waals surface area contributed by atoms with Crippen LogP contribution < -0.4 is 10.6 Å². The predicted octanol–water partition coefficient (Wildman–Crippen LogP) is 8.58. The Morgan fingerprint density at radius 2 is 1.76 bits per heavy atom. The van der Waals surface area contributed by atoms with Gasteiger partial charge in [0.2, 0.25) is 6.41 Å². The number of carbonyl (C=O) groups is 2. The summed E-state index contributed by atoms with van der Waals surface area (Å²) in [6, 6.07) is 31.3. The second-order valence-electron chi connectivity index (χ2n) is 12.5. The van der Waals surface area contributed by atoms with Gasteiger partial charge in [-0.2, -0.15) is 0 Å². The van der Waals surface area contributed by atoms with Crippen LogP contribution in [0.4, 0.5) is 5.69 Å². The largest absolute Gasteiger partial charge is 0.355 e. The fourth-order valence-electron chi connectivity index (χ4n) is 6.83. The lowest BCUT2D eigenvalue weighted by atomic mass is 9.99. The third-order valence-corrected chi connectivity index (χ3v) is 9.79. The molecular weight excluding hydrogens is 655 g/mol. The number of H-pyrrole nitrogens is 1. The molecule has 1 aliphatic rings. The van der Waals surface area contributed by atoms with Crippen molar-refractivity contribution in [1.29, 1.82) is 0 Å². The van der Waals surface area contributed by atoms with Crippen molar-refractivity contribution in [3.05, 3.63) is 130 Å². The summed E-state index contributed by atoms with van der Waals surface area (Å²) in [5, 5.41) is 8.24. The van der Waals surface area contributed by atoms with Crippen molar-refractivity contribution in [1.82, 2.24) is 24.8 Å². The van der Waals surface area contributed by atoms with Gasteiger partial charge in [0.1, 0.15) is 5.69 Å². The SMILES string of the molecule is CC(c1ccc(Cl)cc1)n1cnc(-c2ccccc2)c1-c1c(C(=O)Nc2ccccc2CN2CCCC(NC=O)C2)[nH]c2cc(Cl)ccc12. The van der Waals surface area contributed by atoms with Crippen LogP contribution in [0, 0.1) is 0 Å². The summed E-state index contributed by atoms with van der Waals surface area (Å²) < 4.78 is 2.12. The number of rotatable bonds is 10. The van der Waals surface area contributed by atoms with E-state index in [-0.39, 0.29) is 18.0 Å². The summed E-state index contributed by atoms with van der Waals surface area (Å²) in [4.78, 5) is 36.3. The summed E-state index contributed by atoms with van der Waals surface area (Å²) in [5.74, 6) is -0.278. The Labute approximate surface area is 295 Å². The summed E-state index contributed by atoms with van der Waals surface area (Å²) in [5.41, 5.74) is 7.16. The summed E-state index contributed by atoms with van der Waals surface area (Å²) in [6.07, 6.45) is 4.57. The van der Waals surface area contributed by atoms with Gasteiger partial charge in [0.15, 0.2) is 0 Å². The number of hydrogen-bond acceptors (Lipinski definition) is 4. The highest BCUT2D eigenvalue weighted by molar-refractivity contribution is 6.31. The normalized spacial score (nSPS) is 15.6. The number of nitrogens with one attached hydrogen (secondary N) is 3. The van der Waals surface area contributed by atoms with Crippen LogP contribution in [0.25, 0.3) is 33.4 Å². The maximum atomic E-state index is 14.5. The number of benzene rings is 4. The van der Waals surface area contributed by atoms with Crippen molar-refractivity contribution in [2.24, 2.45) is 0 Å². The van der Waals surface area contributed by atoms with E-state index < -0.39 is 0 Å². The number of imidazole rings is 1. The molecule has 6 aromatic rings. The minimum atomic E-state index is -0.278. The molecule has 1 aliphatic heterocycles. The minimum absolute atomic E-state index is 0.118. The van der Waals surface area contributed by atoms with Gasteiger partial charge in [-0.3, -0.25) is 14.5 Å². The van der Waals surface area contributed by atoms with Crippen LogP contribution in [0.15, 0.2) is 103 Å². The smallest absolute Gasteiger partial charge is 0.272 e. The number of aromatic nitrogens is 3. The molecule has 248 valence electrons. The zero-order valence-corrected chi connectivity index (χ0v) is 28.5. The molecule has 0 saturated carbocycles. The molecule has 0 aliphatic carbocycles. The van der Waals surface area contributed by atoms with Crippen LogP contribution in [0.3, 0.4) is 0 Å². The molecule has 3 N–H and O–H groups in total. The van der Waals surface area contributed by atoms with E-state index >= 15 is 0 Å². The standard InChI is InChI=1S/C39H36Cl2N6O2/c1-25(26-13-15-29(40)16-14-26)47-23-42-36(27-8-3-2-4-9-27)38(47)35-32-18-17-30(41)20-34(32)44-37(35)39(49)45-33-12-6-5-10-28(33)21-46-19-7-11-31(22-46)43-24-48/h2-6,8-10,12-18,20,23-25,31,44H,7,11,19,21-22H2,1H3,(H,43,48)(H,45,49). The molecule has 2 unspecified atom stereocenters. The number of piperidine rings is 1. The number of hydrogen-bond donors (Lipinski definition) is 3. The molecule has 49 heavy (non-hydrogen) atoms. The molecule has 4 aromatic carbocycles. The van der Waals surface area contributed by atoms with Gasteiger partial charge in [0.05, 0.1) is 23.8 Å². The maximum absolute atomic E-state index is 14.5. The lowest BCUT2D eigenvalue weighted by Gasteiger charge is -2.32. The van der Waals surface area contributed by atoms with E-state index in [1.807, 2.05) is 103 Å². The zero-order valence-electron chi connectivity index (χ0n) is 27.0. The second kappa shape index (κ2) is 14.3. The van der Waals surface area contributed by atoms with Crippen LogP contribution in [-0.2, 0) is 11.3 Å². The highest BCUT2D eigenvalue weighted by Crippen LogP contribution is 2.41. The Balaban J connectivity index is 1.33. The maximum Gasteiger partial charge on any atom is 0.272 e. The number of carbonyl (C=O) groups excluding carboxylic acids is 2. The molecule has 8 nitrogen and oxygen atoms in total. The fraction of sp³-hybridized carbons (Fsp3) is 0.205. The number of anilines is 1. The van der Waals surface area contributed by atoms with Crippen LogP contribution in [0.2, 0.25) is 10.0 Å². The van der Waals surface area contributed by atoms with Gasteiger partial charge in [0.25, 0.3) is 5.91 Å². The summed E-state index contributed by atoms with van der Waals surface area (Å²) >= 11 is 12.7. The number of aromatic amines is 1. The van der Waals surface area contributed by atoms with Crippen molar-refractivity contribution >= 4 is 52.1 Å². The molecule has 7 rings (SSSR count). The number of amides is 2. The van der Waals surface area contributed by atoms with Gasteiger partial charge < -0.3 is 20.2 Å². The molecule has 3 heterocycles. The number of fused-ring (bicyclic) bond motifs is 1. The fourth-order valence-corrected chi connectivity index (χ4v) is 7.13. The van der Waals surface area contributed by atoms with E-state index in [1.165, 1.54) is 0 Å². The van der Waals surface area contributed by atoms with Crippen molar-refractivity contribution in [3.8, 4) is 22.5 Å². The topological polar surface area (TPSA) is 95.1 Å². The molecule has 10 heteroatoms. The Morgan fingerprint density at radius 3 is 2.55 bits per heavy atom. The number of likely N-dealkylation sites (tertiary alicyclic amines) is 1. The van der Waals surface area contributed by atoms with Crippen molar-refractivity contribution in [2.45, 2.75) is 38.4 Å². The van der Waals surface area contributed by atoms with Gasteiger partial charge >= 0.3 is 0 Å². The third-order valence-electron chi connectivity index (χ3n) is 9.30. The van der Waals surface area contributed by atoms with Crippen molar-refractivity contribution in [2.75, 3.05) is 18.4 Å². The van der Waals surface area contributed by atoms with E-state index in [4.69, 9.17) is 28.2 Å². The minimum Gasteiger partial charge on any atom is -0.355 e. The molecule has 0 bridgehead atoms. The summed E-state index contributed by atoms with van der Waals surface area (Å²) in [7, 11) is 0. The molecule has 1 saturated heterocycles. The van der Waals surface area contributed by atoms with Crippen molar-refractivity contribution in [3.63, 3.8) is 0 Å². The van der Waals surface area contributed by atoms with Gasteiger partial charge in [-0.1, -0.05) is 89.9 Å². The van der Waals surface area contributed by atoms with Gasteiger partial charge in [-0.05, 0) is 67.8 Å². The van der Waals surface area contributed by atoms with Crippen molar-refractivity contribution < 1.29 is 9.59 Å². The van der Waals surface area contributed by atoms with Crippen LogP contribution in [0.5, 0.6) is 0 Å². The first-order valence-electron chi connectivity index (χ1n) is 16.4. The number of halogens is 2. The Morgan fingerprint density at radius 1 is 1.00 bits per heavy atom. The number of nitrogens with zero attached hydrogens (tertiary/aromatic N) is 3. The van der Waals surface area contributed by atoms with Crippen LogP contribution in [0.1, 0.15) is 47.4 Å². The Kier molecular flexibility index (Phi) is 9.53. The first kappa shape index (κ1) is 32.6. The zero-order chi connectivity index (χ0) is 33.9. The predicted molar refractivity (Wildman–Crippen MR) is 197 cm³/mol. The van der Waals surface area contributed by atoms with Gasteiger partial charge in [-0.15, -0.1) is 0 Å². The molecular formula is C39H36Cl2N6O2. The first-order valence-corrected chi connectivity index (χ1v) is 17.2. The van der Waals surface area contributed by atoms with Crippen LogP contribution >= 0.6 is 23.2 Å². The lowest BCUT2D eigenvalue weighted by molar-refractivity contribution is -0.110. The van der Waals surface area contributed by atoms with Crippen LogP contribution in [-0.4, -0.2) is 50.9 Å². The number of para-hydroxylation sites is 1. The Bertz CT molecular complexity index is 2110. The Hall–Kier alpha value is -4.89. The molecule has 2 atom stereocenters. The molecule has 0 radical (unpaired) electrons. The average Bonchev–Trinajstić information content (AvgIpc) is 3.71. The highest BCUT2D eigenvalue weighted by atomic mass is 35.5. The molecule has 2 aromatic heterocycles. The van der Waals surface area contributed by atoms with E-state index in [2.05, 4.69) is 32.0 Å². The van der Waals surface area contributed by atoms with Gasteiger partial charge in [-0.25, -0.2) is 4.98 Å². The quantitative estimate of drug-likeness (QED) is 0.126. The molecule has 0 spiro atoms. The summed E-state index contributed by atoms with van der Waals surface area (Å²) in [6.45, 7) is 4.43. The van der Waals surface area contributed by atoms with E-state index in [0.29, 0.717) is 22.3 Å².